The number of carbonyl (C=O) groups excluding carboxylic acids is 1. The Morgan fingerprint density at radius 2 is 1.76 bits per heavy atom. The molecule has 0 aliphatic rings. The fourth-order valence-electron chi connectivity index (χ4n) is 1.15. The van der Waals surface area contributed by atoms with Gasteiger partial charge in [0, 0.05) is 0 Å². The van der Waals surface area contributed by atoms with Gasteiger partial charge in [0.2, 0.25) is 0 Å². The number of nitrogens with two attached hydrogens (primary N) is 1. The summed E-state index contributed by atoms with van der Waals surface area (Å²) >= 11 is 0. The molecule has 0 aliphatic heterocycles. The summed E-state index contributed by atoms with van der Waals surface area (Å²) in [4.78, 5) is 22.5. The Balaban J connectivity index is 4.54. The first kappa shape index (κ1) is 15.9. The molecule has 0 saturated carbocycles. The highest BCUT2D eigenvalue weighted by molar-refractivity contribution is 5.94. The van der Waals surface area contributed by atoms with Gasteiger partial charge in [0.1, 0.15) is 11.3 Å². The maximum absolute atomic E-state index is 11.6. The van der Waals surface area contributed by atoms with E-state index in [0.29, 0.717) is 0 Å². The number of rotatable bonds is 5. The van der Waals surface area contributed by atoms with Crippen LogP contribution in [0.25, 0.3) is 0 Å². The number of ether oxygens (including phenoxy) is 1. The number of carboxylic acid groups (broad SMARTS) is 1. The Bertz CT molecular complexity index is 287. The van der Waals surface area contributed by atoms with E-state index in [1.165, 1.54) is 6.92 Å². The van der Waals surface area contributed by atoms with Crippen LogP contribution in [0, 0.1) is 5.92 Å². The molecule has 0 saturated heterocycles. The monoisotopic (exact) mass is 247 g/mol. The van der Waals surface area contributed by atoms with Crippen LogP contribution in [0.4, 0.5) is 0 Å². The van der Waals surface area contributed by atoms with Gasteiger partial charge in [-0.2, -0.15) is 0 Å². The minimum Gasteiger partial charge on any atom is -0.481 e. The van der Waals surface area contributed by atoms with Gasteiger partial charge in [-0.05, 0) is 40.5 Å². The van der Waals surface area contributed by atoms with E-state index in [9.17, 15) is 14.7 Å². The topological polar surface area (TPSA) is 110 Å². The normalized spacial score (nSPS) is 17.1. The molecule has 2 unspecified atom stereocenters. The molecule has 0 aromatic carbocycles. The Hall–Kier alpha value is -1.14. The summed E-state index contributed by atoms with van der Waals surface area (Å²) in [7, 11) is 0. The zero-order valence-corrected chi connectivity index (χ0v) is 10.7. The van der Waals surface area contributed by atoms with Gasteiger partial charge in [-0.3, -0.25) is 9.59 Å². The summed E-state index contributed by atoms with van der Waals surface area (Å²) in [5, 5.41) is 18.2. The number of hydrogen-bond donors (Lipinski definition) is 3. The van der Waals surface area contributed by atoms with Crippen LogP contribution in [0.5, 0.6) is 0 Å². The third-order valence-electron chi connectivity index (χ3n) is 1.93. The zero-order valence-electron chi connectivity index (χ0n) is 10.7. The molecule has 0 aromatic heterocycles. The van der Waals surface area contributed by atoms with Crippen LogP contribution in [0.2, 0.25) is 0 Å². The van der Waals surface area contributed by atoms with Gasteiger partial charge in [0.15, 0.2) is 5.92 Å². The maximum Gasteiger partial charge on any atom is 0.320 e. The predicted molar refractivity (Wildman–Crippen MR) is 61.0 cm³/mol. The summed E-state index contributed by atoms with van der Waals surface area (Å²) in [6.07, 6.45) is -0.0586. The van der Waals surface area contributed by atoms with Gasteiger partial charge in [0.25, 0.3) is 0 Å². The lowest BCUT2D eigenvalue weighted by Gasteiger charge is -2.23. The van der Waals surface area contributed by atoms with Crippen molar-refractivity contribution in [2.45, 2.75) is 51.9 Å². The molecule has 6 nitrogen and oxygen atoms in total. The Labute approximate surface area is 101 Å². The van der Waals surface area contributed by atoms with Crippen LogP contribution in [-0.2, 0) is 14.3 Å². The number of esters is 1. The molecule has 0 bridgehead atoms. The molecule has 0 radical (unpaired) electrons. The zero-order chi connectivity index (χ0) is 13.9. The molecule has 4 N–H and O–H groups in total. The Morgan fingerprint density at radius 3 is 2.06 bits per heavy atom. The van der Waals surface area contributed by atoms with Crippen molar-refractivity contribution in [1.82, 2.24) is 0 Å². The van der Waals surface area contributed by atoms with E-state index >= 15 is 0 Å². The minimum atomic E-state index is -1.49. The van der Waals surface area contributed by atoms with Crippen molar-refractivity contribution in [3.05, 3.63) is 0 Å². The molecule has 0 rings (SSSR count). The van der Waals surface area contributed by atoms with Gasteiger partial charge in [-0.15, -0.1) is 0 Å². The average molecular weight is 247 g/mol. The third kappa shape index (κ3) is 7.70. The van der Waals surface area contributed by atoms with Crippen molar-refractivity contribution in [3.63, 3.8) is 0 Å². The molecule has 100 valence electrons. The standard InChI is InChI=1S/C11H21NO5/c1-10(2,3)17-9(15)7(8(13)14)5-6-11(4,12)16/h7,16H,5-6,12H2,1-4H3,(H,13,14). The van der Waals surface area contributed by atoms with E-state index in [0.717, 1.165) is 0 Å². The molecule has 0 aliphatic carbocycles. The second-order valence-corrected chi connectivity index (χ2v) is 5.32. The van der Waals surface area contributed by atoms with E-state index in [-0.39, 0.29) is 12.8 Å². The summed E-state index contributed by atoms with van der Waals surface area (Å²) in [5.74, 6) is -3.39. The fourth-order valence-corrected chi connectivity index (χ4v) is 1.15. The quantitative estimate of drug-likeness (QED) is 0.370. The lowest BCUT2D eigenvalue weighted by atomic mass is 9.99. The molecule has 0 aromatic rings. The van der Waals surface area contributed by atoms with Crippen LogP contribution in [0.3, 0.4) is 0 Å². The van der Waals surface area contributed by atoms with E-state index < -0.39 is 29.2 Å². The molecular formula is C11H21NO5. The van der Waals surface area contributed by atoms with Crippen molar-refractivity contribution in [2.75, 3.05) is 0 Å². The van der Waals surface area contributed by atoms with E-state index in [1.807, 2.05) is 0 Å². The molecule has 0 heterocycles. The Morgan fingerprint density at radius 1 is 1.29 bits per heavy atom. The van der Waals surface area contributed by atoms with E-state index in [2.05, 4.69) is 0 Å². The average Bonchev–Trinajstić information content (AvgIpc) is 1.96. The van der Waals surface area contributed by atoms with Crippen molar-refractivity contribution in [2.24, 2.45) is 11.7 Å². The van der Waals surface area contributed by atoms with Crippen LogP contribution in [0.15, 0.2) is 0 Å². The second-order valence-electron chi connectivity index (χ2n) is 5.32. The van der Waals surface area contributed by atoms with Gasteiger partial charge < -0.3 is 20.7 Å². The predicted octanol–water partition coefficient (Wildman–Crippen LogP) is 0.476. The molecule has 0 amide bonds. The molecule has 2 atom stereocenters. The molecule has 6 heteroatoms. The number of aliphatic hydroxyl groups is 1. The first-order valence-corrected chi connectivity index (χ1v) is 5.39. The minimum absolute atomic E-state index is 0.00318. The van der Waals surface area contributed by atoms with Crippen LogP contribution < -0.4 is 5.73 Å². The smallest absolute Gasteiger partial charge is 0.320 e. The van der Waals surface area contributed by atoms with Crippen molar-refractivity contribution in [1.29, 1.82) is 0 Å². The SMILES string of the molecule is CC(N)(O)CCC(C(=O)O)C(=O)OC(C)(C)C. The maximum atomic E-state index is 11.6. The third-order valence-corrected chi connectivity index (χ3v) is 1.93. The number of carboxylic acids is 1. The highest BCUT2D eigenvalue weighted by Gasteiger charge is 2.32. The molecule has 0 fully saturated rings. The number of carbonyl (C=O) groups is 2. The van der Waals surface area contributed by atoms with Crippen LogP contribution >= 0.6 is 0 Å². The molecular weight excluding hydrogens is 226 g/mol. The first-order chi connectivity index (χ1) is 7.42. The highest BCUT2D eigenvalue weighted by Crippen LogP contribution is 2.18. The lowest BCUT2D eigenvalue weighted by molar-refractivity contribution is -0.167. The van der Waals surface area contributed by atoms with Crippen molar-refractivity contribution in [3.8, 4) is 0 Å². The summed E-state index contributed by atoms with van der Waals surface area (Å²) in [6.45, 7) is 6.32. The van der Waals surface area contributed by atoms with Gasteiger partial charge in [-0.25, -0.2) is 0 Å². The fraction of sp³-hybridized carbons (Fsp3) is 0.818. The number of hydrogen-bond acceptors (Lipinski definition) is 5. The largest absolute Gasteiger partial charge is 0.481 e. The van der Waals surface area contributed by atoms with Crippen molar-refractivity contribution >= 4 is 11.9 Å². The lowest BCUT2D eigenvalue weighted by Crippen LogP contribution is -2.38. The van der Waals surface area contributed by atoms with E-state index in [4.69, 9.17) is 15.6 Å². The Kier molecular flexibility index (Phi) is 5.10. The van der Waals surface area contributed by atoms with Gasteiger partial charge >= 0.3 is 11.9 Å². The van der Waals surface area contributed by atoms with Crippen molar-refractivity contribution < 1.29 is 24.5 Å². The summed E-state index contributed by atoms with van der Waals surface area (Å²) < 4.78 is 4.98. The first-order valence-electron chi connectivity index (χ1n) is 5.39. The highest BCUT2D eigenvalue weighted by atomic mass is 16.6. The molecule has 0 spiro atoms. The number of aliphatic carboxylic acids is 1. The summed E-state index contributed by atoms with van der Waals surface area (Å²) in [5.41, 5.74) is 3.09. The van der Waals surface area contributed by atoms with Gasteiger partial charge in [0.05, 0.1) is 0 Å². The second kappa shape index (κ2) is 5.46. The molecule has 17 heavy (non-hydrogen) atoms. The van der Waals surface area contributed by atoms with Crippen LogP contribution in [-0.4, -0.2) is 33.5 Å². The van der Waals surface area contributed by atoms with Crippen LogP contribution in [0.1, 0.15) is 40.5 Å². The van der Waals surface area contributed by atoms with E-state index in [1.54, 1.807) is 20.8 Å². The van der Waals surface area contributed by atoms with Gasteiger partial charge in [-0.1, -0.05) is 0 Å². The summed E-state index contributed by atoms with van der Waals surface area (Å²) in [6, 6.07) is 0.